The fourth-order valence-electron chi connectivity index (χ4n) is 4.82. The number of aromatic nitrogens is 2. The van der Waals surface area contributed by atoms with Gasteiger partial charge in [0.1, 0.15) is 0 Å². The standard InChI is InChI=1S/C24H33N3O3S/c1-3-26(18-10-5-4-6-11-18)22(28)17(2)31-24-25-21-14-8-7-13-20(21)23(29)27(24)16-19-12-9-15-30-19/h7-8,13-14,17-19H,3-6,9-12,15-16H2,1-2H3. The van der Waals surface area contributed by atoms with E-state index in [-0.39, 0.29) is 22.8 Å². The fraction of sp³-hybridized carbons (Fsp3) is 0.625. The molecule has 4 rings (SSSR count). The van der Waals surface area contributed by atoms with Crippen LogP contribution >= 0.6 is 11.8 Å². The molecule has 2 heterocycles. The van der Waals surface area contributed by atoms with Crippen molar-refractivity contribution in [3.63, 3.8) is 0 Å². The minimum absolute atomic E-state index is 0.0281. The van der Waals surface area contributed by atoms with Crippen molar-refractivity contribution in [1.29, 1.82) is 0 Å². The highest BCUT2D eigenvalue weighted by molar-refractivity contribution is 8.00. The topological polar surface area (TPSA) is 64.4 Å². The normalized spacial score (nSPS) is 20.8. The quantitative estimate of drug-likeness (QED) is 0.473. The van der Waals surface area contributed by atoms with Gasteiger partial charge in [-0.15, -0.1) is 0 Å². The summed E-state index contributed by atoms with van der Waals surface area (Å²) in [6.45, 7) is 5.95. The number of thioether (sulfide) groups is 1. The molecule has 1 aliphatic heterocycles. The maximum Gasteiger partial charge on any atom is 0.262 e. The molecular formula is C24H33N3O3S. The minimum atomic E-state index is -0.300. The van der Waals surface area contributed by atoms with E-state index in [4.69, 9.17) is 9.72 Å². The summed E-state index contributed by atoms with van der Waals surface area (Å²) < 4.78 is 7.52. The van der Waals surface area contributed by atoms with Crippen LogP contribution in [-0.2, 0) is 16.1 Å². The number of amides is 1. The molecule has 1 saturated carbocycles. The first kappa shape index (κ1) is 22.3. The number of benzene rings is 1. The van der Waals surface area contributed by atoms with Crippen LogP contribution in [0, 0.1) is 0 Å². The summed E-state index contributed by atoms with van der Waals surface area (Å²) in [6, 6.07) is 7.78. The lowest BCUT2D eigenvalue weighted by atomic mass is 9.94. The number of ether oxygens (including phenoxy) is 1. The summed E-state index contributed by atoms with van der Waals surface area (Å²) in [4.78, 5) is 33.5. The Hall–Kier alpha value is -1.86. The highest BCUT2D eigenvalue weighted by Gasteiger charge is 2.29. The highest BCUT2D eigenvalue weighted by Crippen LogP contribution is 2.28. The number of para-hydroxylation sites is 1. The second kappa shape index (κ2) is 10.2. The lowest BCUT2D eigenvalue weighted by molar-refractivity contribution is -0.133. The van der Waals surface area contributed by atoms with E-state index < -0.39 is 0 Å². The van der Waals surface area contributed by atoms with Crippen molar-refractivity contribution in [2.24, 2.45) is 0 Å². The Balaban J connectivity index is 1.61. The average molecular weight is 444 g/mol. The predicted molar refractivity (Wildman–Crippen MR) is 125 cm³/mol. The van der Waals surface area contributed by atoms with Crippen LogP contribution in [0.5, 0.6) is 0 Å². The number of hydrogen-bond acceptors (Lipinski definition) is 5. The number of hydrogen-bond donors (Lipinski definition) is 0. The highest BCUT2D eigenvalue weighted by atomic mass is 32.2. The molecule has 0 spiro atoms. The molecule has 0 radical (unpaired) electrons. The second-order valence-electron chi connectivity index (χ2n) is 8.64. The molecule has 2 fully saturated rings. The number of rotatable bonds is 7. The van der Waals surface area contributed by atoms with Crippen molar-refractivity contribution in [2.45, 2.75) is 87.9 Å². The van der Waals surface area contributed by atoms with E-state index in [9.17, 15) is 9.59 Å². The van der Waals surface area contributed by atoms with E-state index in [2.05, 4.69) is 6.92 Å². The molecule has 7 heteroatoms. The SMILES string of the molecule is CCN(C(=O)C(C)Sc1nc2ccccc2c(=O)n1CC1CCCO1)C1CCCCC1. The van der Waals surface area contributed by atoms with Gasteiger partial charge >= 0.3 is 0 Å². The molecule has 0 N–H and O–H groups in total. The first-order valence-electron chi connectivity index (χ1n) is 11.7. The van der Waals surface area contributed by atoms with Gasteiger partial charge in [-0.3, -0.25) is 14.2 Å². The molecule has 1 aliphatic carbocycles. The molecule has 168 valence electrons. The third-order valence-corrected chi connectivity index (χ3v) is 7.58. The summed E-state index contributed by atoms with van der Waals surface area (Å²) in [7, 11) is 0. The molecule has 1 aromatic heterocycles. The van der Waals surface area contributed by atoms with Gasteiger partial charge in [-0.05, 0) is 51.7 Å². The minimum Gasteiger partial charge on any atom is -0.376 e. The number of fused-ring (bicyclic) bond motifs is 1. The van der Waals surface area contributed by atoms with Gasteiger partial charge < -0.3 is 9.64 Å². The van der Waals surface area contributed by atoms with Crippen molar-refractivity contribution in [2.75, 3.05) is 13.2 Å². The zero-order chi connectivity index (χ0) is 21.8. The van der Waals surface area contributed by atoms with Gasteiger partial charge in [-0.1, -0.05) is 43.2 Å². The predicted octanol–water partition coefficient (Wildman–Crippen LogP) is 4.24. The van der Waals surface area contributed by atoms with Gasteiger partial charge in [0.25, 0.3) is 5.56 Å². The Morgan fingerprint density at radius 2 is 2.00 bits per heavy atom. The zero-order valence-electron chi connectivity index (χ0n) is 18.6. The second-order valence-corrected chi connectivity index (χ2v) is 9.95. The first-order chi connectivity index (χ1) is 15.1. The molecule has 6 nitrogen and oxygen atoms in total. The van der Waals surface area contributed by atoms with Crippen molar-refractivity contribution < 1.29 is 9.53 Å². The van der Waals surface area contributed by atoms with E-state index in [0.717, 1.165) is 38.8 Å². The van der Waals surface area contributed by atoms with Crippen LogP contribution in [0.25, 0.3) is 10.9 Å². The van der Waals surface area contributed by atoms with Crippen molar-refractivity contribution in [3.05, 3.63) is 34.6 Å². The molecule has 31 heavy (non-hydrogen) atoms. The number of nitrogens with zero attached hydrogens (tertiary/aromatic N) is 3. The third-order valence-electron chi connectivity index (χ3n) is 6.51. The summed E-state index contributed by atoms with van der Waals surface area (Å²) in [5.41, 5.74) is 0.626. The van der Waals surface area contributed by atoms with E-state index in [1.165, 1.54) is 31.0 Å². The maximum absolute atomic E-state index is 13.3. The third kappa shape index (κ3) is 4.98. The van der Waals surface area contributed by atoms with Gasteiger partial charge in [0.15, 0.2) is 5.16 Å². The Labute approximate surface area is 188 Å². The van der Waals surface area contributed by atoms with Gasteiger partial charge in [0.05, 0.1) is 28.8 Å². The number of carbonyl (C=O) groups excluding carboxylic acids is 1. The molecule has 1 saturated heterocycles. The number of carbonyl (C=O) groups is 1. The van der Waals surface area contributed by atoms with Crippen LogP contribution in [0.3, 0.4) is 0 Å². The molecule has 2 aliphatic rings. The Morgan fingerprint density at radius 1 is 1.23 bits per heavy atom. The van der Waals surface area contributed by atoms with E-state index in [0.29, 0.717) is 28.6 Å². The Morgan fingerprint density at radius 3 is 2.71 bits per heavy atom. The molecule has 1 aromatic carbocycles. The smallest absolute Gasteiger partial charge is 0.262 e. The van der Waals surface area contributed by atoms with Crippen LogP contribution in [0.2, 0.25) is 0 Å². The van der Waals surface area contributed by atoms with Crippen LogP contribution in [0.4, 0.5) is 0 Å². The summed E-state index contributed by atoms with van der Waals surface area (Å²) in [5.74, 6) is 0.144. The largest absolute Gasteiger partial charge is 0.376 e. The van der Waals surface area contributed by atoms with Gasteiger partial charge in [0.2, 0.25) is 5.91 Å². The Kier molecular flexibility index (Phi) is 7.33. The molecular weight excluding hydrogens is 410 g/mol. The summed E-state index contributed by atoms with van der Waals surface area (Å²) in [5, 5.41) is 0.923. The lowest BCUT2D eigenvalue weighted by Crippen LogP contribution is -2.44. The molecule has 2 aromatic rings. The maximum atomic E-state index is 13.3. The van der Waals surface area contributed by atoms with E-state index in [1.807, 2.05) is 36.1 Å². The van der Waals surface area contributed by atoms with Crippen molar-refractivity contribution in [3.8, 4) is 0 Å². The molecule has 2 unspecified atom stereocenters. The zero-order valence-corrected chi connectivity index (χ0v) is 19.4. The average Bonchev–Trinajstić information content (AvgIpc) is 3.31. The first-order valence-corrected chi connectivity index (χ1v) is 12.5. The van der Waals surface area contributed by atoms with Crippen molar-refractivity contribution >= 4 is 28.6 Å². The summed E-state index contributed by atoms with van der Waals surface area (Å²) in [6.07, 6.45) is 7.84. The Bertz CT molecular complexity index is 964. The van der Waals surface area contributed by atoms with Crippen molar-refractivity contribution in [1.82, 2.24) is 14.5 Å². The van der Waals surface area contributed by atoms with Gasteiger partial charge in [-0.2, -0.15) is 0 Å². The molecule has 2 atom stereocenters. The van der Waals surface area contributed by atoms with Crippen LogP contribution in [0.15, 0.2) is 34.2 Å². The monoisotopic (exact) mass is 443 g/mol. The fourth-order valence-corrected chi connectivity index (χ4v) is 5.81. The van der Waals surface area contributed by atoms with Crippen LogP contribution < -0.4 is 5.56 Å². The van der Waals surface area contributed by atoms with Gasteiger partial charge in [0, 0.05) is 19.2 Å². The molecule has 1 amide bonds. The molecule has 0 bridgehead atoms. The van der Waals surface area contributed by atoms with Crippen LogP contribution in [-0.4, -0.2) is 50.9 Å². The van der Waals surface area contributed by atoms with E-state index >= 15 is 0 Å². The van der Waals surface area contributed by atoms with Crippen LogP contribution in [0.1, 0.15) is 58.8 Å². The summed E-state index contributed by atoms with van der Waals surface area (Å²) >= 11 is 1.40. The van der Waals surface area contributed by atoms with Gasteiger partial charge in [-0.25, -0.2) is 4.98 Å². The van der Waals surface area contributed by atoms with E-state index in [1.54, 1.807) is 4.57 Å². The lowest BCUT2D eigenvalue weighted by Gasteiger charge is -2.35.